The monoisotopic (exact) mass is 544 g/mol. The molecule has 202 valence electrons. The van der Waals surface area contributed by atoms with Gasteiger partial charge in [0, 0.05) is 11.1 Å². The standard InChI is InChI=1S/C31H32N2O5S/c1-21-28(27(33-39(2,36)37)14-8-11-22-9-4-3-5-10-22)29(38-32-21)24-17-15-23(16-18-24)25-12-6-7-13-26(25)31(19-20-31)30(34)35/h3-7,9-10,12-13,15-18,27,33H,8,11,14,19-20H2,1-2H3,(H,34,35). The number of benzene rings is 3. The van der Waals surface area contributed by atoms with E-state index in [9.17, 15) is 18.3 Å². The molecule has 1 unspecified atom stereocenters. The predicted molar refractivity (Wildman–Crippen MR) is 151 cm³/mol. The first-order valence-electron chi connectivity index (χ1n) is 13.1. The first-order valence-corrected chi connectivity index (χ1v) is 15.0. The van der Waals surface area contributed by atoms with Gasteiger partial charge in [0.25, 0.3) is 0 Å². The third kappa shape index (κ3) is 5.82. The molecule has 39 heavy (non-hydrogen) atoms. The van der Waals surface area contributed by atoms with Gasteiger partial charge in [-0.3, -0.25) is 4.79 Å². The Balaban J connectivity index is 1.44. The molecule has 0 saturated heterocycles. The maximum atomic E-state index is 12.3. The van der Waals surface area contributed by atoms with Crippen LogP contribution in [-0.4, -0.2) is 30.9 Å². The van der Waals surface area contributed by atoms with Crippen LogP contribution in [0.4, 0.5) is 0 Å². The zero-order valence-corrected chi connectivity index (χ0v) is 22.9. The SMILES string of the molecule is Cc1noc(-c2ccc(-c3ccccc3C3(C(=O)O)CC3)cc2)c1C(CCCc1ccccc1)NS(C)(=O)=O. The van der Waals surface area contributed by atoms with E-state index < -0.39 is 27.4 Å². The third-order valence-corrected chi connectivity index (χ3v) is 8.19. The van der Waals surface area contributed by atoms with Crippen LogP contribution in [0.15, 0.2) is 83.4 Å². The Morgan fingerprint density at radius 3 is 2.28 bits per heavy atom. The van der Waals surface area contributed by atoms with E-state index in [0.717, 1.165) is 46.9 Å². The number of aliphatic carboxylic acids is 1. The molecule has 0 amide bonds. The zero-order valence-electron chi connectivity index (χ0n) is 22.1. The van der Waals surface area contributed by atoms with Crippen LogP contribution < -0.4 is 4.72 Å². The summed E-state index contributed by atoms with van der Waals surface area (Å²) in [6.45, 7) is 1.82. The lowest BCUT2D eigenvalue weighted by Crippen LogP contribution is -2.28. The van der Waals surface area contributed by atoms with E-state index in [-0.39, 0.29) is 0 Å². The van der Waals surface area contributed by atoms with Gasteiger partial charge in [-0.05, 0) is 61.3 Å². The van der Waals surface area contributed by atoms with E-state index in [2.05, 4.69) is 22.0 Å². The molecule has 1 fully saturated rings. The van der Waals surface area contributed by atoms with Gasteiger partial charge in [0.05, 0.1) is 23.4 Å². The van der Waals surface area contributed by atoms with Crippen LogP contribution in [0.1, 0.15) is 54.1 Å². The molecule has 1 heterocycles. The third-order valence-electron chi connectivity index (χ3n) is 7.47. The molecular formula is C31H32N2O5S. The van der Waals surface area contributed by atoms with Crippen LogP contribution in [0.2, 0.25) is 0 Å². The fraction of sp³-hybridized carbons (Fsp3) is 0.290. The summed E-state index contributed by atoms with van der Waals surface area (Å²) in [4.78, 5) is 12.0. The molecule has 0 bridgehead atoms. The number of hydrogen-bond donors (Lipinski definition) is 2. The highest BCUT2D eigenvalue weighted by Crippen LogP contribution is 2.51. The Kier molecular flexibility index (Phi) is 7.42. The predicted octanol–water partition coefficient (Wildman–Crippen LogP) is 6.05. The summed E-state index contributed by atoms with van der Waals surface area (Å²) in [6, 6.07) is 25.0. The smallest absolute Gasteiger partial charge is 0.314 e. The van der Waals surface area contributed by atoms with Crippen molar-refractivity contribution in [2.75, 3.05) is 6.26 Å². The second kappa shape index (κ2) is 10.8. The van der Waals surface area contributed by atoms with Crippen molar-refractivity contribution in [1.29, 1.82) is 0 Å². The quantitative estimate of drug-likeness (QED) is 0.238. The Morgan fingerprint density at radius 1 is 1.00 bits per heavy atom. The summed E-state index contributed by atoms with van der Waals surface area (Å²) in [5.41, 5.74) is 5.16. The molecule has 5 rings (SSSR count). The Hall–Kier alpha value is -3.75. The summed E-state index contributed by atoms with van der Waals surface area (Å²) < 4.78 is 33.1. The average molecular weight is 545 g/mol. The van der Waals surface area contributed by atoms with Crippen molar-refractivity contribution in [3.63, 3.8) is 0 Å². The number of rotatable bonds is 11. The van der Waals surface area contributed by atoms with E-state index in [1.165, 1.54) is 5.56 Å². The van der Waals surface area contributed by atoms with Gasteiger partial charge in [-0.1, -0.05) is 84.0 Å². The summed E-state index contributed by atoms with van der Waals surface area (Å²) in [5, 5.41) is 14.0. The number of carboxylic acid groups (broad SMARTS) is 1. The fourth-order valence-corrected chi connectivity index (χ4v) is 6.10. The molecule has 1 aliphatic rings. The van der Waals surface area contributed by atoms with E-state index in [1.807, 2.05) is 73.7 Å². The van der Waals surface area contributed by atoms with Gasteiger partial charge in [-0.15, -0.1) is 0 Å². The summed E-state index contributed by atoms with van der Waals surface area (Å²) >= 11 is 0. The number of carbonyl (C=O) groups is 1. The Morgan fingerprint density at radius 2 is 1.64 bits per heavy atom. The zero-order chi connectivity index (χ0) is 27.6. The van der Waals surface area contributed by atoms with Crippen LogP contribution in [0.25, 0.3) is 22.5 Å². The molecule has 1 atom stereocenters. The van der Waals surface area contributed by atoms with Gasteiger partial charge in [-0.25, -0.2) is 13.1 Å². The van der Waals surface area contributed by atoms with Crippen molar-refractivity contribution in [1.82, 2.24) is 9.88 Å². The minimum absolute atomic E-state index is 0.490. The van der Waals surface area contributed by atoms with Crippen molar-refractivity contribution < 1.29 is 22.8 Å². The molecule has 7 nitrogen and oxygen atoms in total. The highest BCUT2D eigenvalue weighted by Gasteiger charge is 2.52. The topological polar surface area (TPSA) is 110 Å². The molecule has 4 aromatic rings. The average Bonchev–Trinajstić information content (AvgIpc) is 3.65. The van der Waals surface area contributed by atoms with Gasteiger partial charge in [0.1, 0.15) is 0 Å². The number of nitrogens with zero attached hydrogens (tertiary/aromatic N) is 1. The van der Waals surface area contributed by atoms with Crippen molar-refractivity contribution in [2.45, 2.75) is 50.5 Å². The fourth-order valence-electron chi connectivity index (χ4n) is 5.35. The number of sulfonamides is 1. The van der Waals surface area contributed by atoms with Crippen molar-refractivity contribution in [2.24, 2.45) is 0 Å². The molecule has 1 saturated carbocycles. The van der Waals surface area contributed by atoms with Crippen LogP contribution in [0.5, 0.6) is 0 Å². The lowest BCUT2D eigenvalue weighted by Gasteiger charge is -2.19. The van der Waals surface area contributed by atoms with Crippen LogP contribution in [-0.2, 0) is 26.7 Å². The molecule has 1 aliphatic carbocycles. The number of hydrogen-bond acceptors (Lipinski definition) is 5. The van der Waals surface area contributed by atoms with E-state index in [0.29, 0.717) is 30.7 Å². The van der Waals surface area contributed by atoms with Gasteiger partial charge < -0.3 is 9.63 Å². The number of aryl methyl sites for hydroxylation is 2. The highest BCUT2D eigenvalue weighted by atomic mass is 32.2. The molecule has 0 radical (unpaired) electrons. The first-order chi connectivity index (χ1) is 18.7. The Labute approximate surface area is 228 Å². The van der Waals surface area contributed by atoms with E-state index in [1.54, 1.807) is 0 Å². The van der Waals surface area contributed by atoms with Crippen LogP contribution in [0.3, 0.4) is 0 Å². The molecule has 0 aliphatic heterocycles. The lowest BCUT2D eigenvalue weighted by atomic mass is 9.87. The molecular weight excluding hydrogens is 512 g/mol. The number of carboxylic acids is 1. The van der Waals surface area contributed by atoms with E-state index >= 15 is 0 Å². The van der Waals surface area contributed by atoms with E-state index in [4.69, 9.17) is 4.52 Å². The first kappa shape index (κ1) is 26.8. The van der Waals surface area contributed by atoms with Crippen molar-refractivity contribution >= 4 is 16.0 Å². The molecule has 3 aromatic carbocycles. The van der Waals surface area contributed by atoms with Gasteiger partial charge in [-0.2, -0.15) is 0 Å². The summed E-state index contributed by atoms with van der Waals surface area (Å²) in [6.07, 6.45) is 4.63. The normalized spacial score (nSPS) is 15.1. The highest BCUT2D eigenvalue weighted by molar-refractivity contribution is 7.88. The van der Waals surface area contributed by atoms with Gasteiger partial charge in [0.15, 0.2) is 5.76 Å². The van der Waals surface area contributed by atoms with Crippen LogP contribution in [0, 0.1) is 6.92 Å². The molecule has 2 N–H and O–H groups in total. The molecule has 1 aromatic heterocycles. The minimum atomic E-state index is -3.49. The molecule has 8 heteroatoms. The Bertz CT molecular complexity index is 1570. The number of aromatic nitrogens is 1. The van der Waals surface area contributed by atoms with Crippen LogP contribution >= 0.6 is 0 Å². The lowest BCUT2D eigenvalue weighted by molar-refractivity contribution is -0.140. The minimum Gasteiger partial charge on any atom is -0.481 e. The van der Waals surface area contributed by atoms with Crippen molar-refractivity contribution in [3.05, 3.63) is 101 Å². The maximum absolute atomic E-state index is 12.3. The van der Waals surface area contributed by atoms with Crippen molar-refractivity contribution in [3.8, 4) is 22.5 Å². The molecule has 0 spiro atoms. The van der Waals surface area contributed by atoms with Gasteiger partial charge in [0.2, 0.25) is 10.0 Å². The van der Waals surface area contributed by atoms with Gasteiger partial charge >= 0.3 is 5.97 Å². The second-order valence-corrected chi connectivity index (χ2v) is 12.1. The second-order valence-electron chi connectivity index (χ2n) is 10.3. The largest absolute Gasteiger partial charge is 0.481 e. The maximum Gasteiger partial charge on any atom is 0.314 e. The summed E-state index contributed by atoms with van der Waals surface area (Å²) in [5.74, 6) is -0.262. The number of nitrogens with one attached hydrogen (secondary N) is 1. The summed E-state index contributed by atoms with van der Waals surface area (Å²) in [7, 11) is -3.49.